The number of allylic oxidation sites excluding steroid dienone is 1. The molecule has 0 amide bonds. The molecule has 0 spiro atoms. The average Bonchev–Trinajstić information content (AvgIpc) is 2.67. The molecule has 1 aliphatic heterocycles. The van der Waals surface area contributed by atoms with Gasteiger partial charge in [0.05, 0.1) is 0 Å². The van der Waals surface area contributed by atoms with Gasteiger partial charge in [0.25, 0.3) is 0 Å². The maximum Gasteiger partial charge on any atom is 0.183 e. The Balaban J connectivity index is 2.11. The van der Waals surface area contributed by atoms with Crippen molar-refractivity contribution >= 4 is 12.2 Å². The minimum absolute atomic E-state index is 0.150. The standard InChI is InChI=1S/C20H27BF2/c1-6-13-17(22)11-15-14(18(13)23)9-7-8-10-16(15)21-12-19(2,3)20(21,4)5/h10-11H,6-9,12H2,1-5H3. The largest absolute Gasteiger partial charge is 0.207 e. The van der Waals surface area contributed by atoms with Crippen molar-refractivity contribution in [2.45, 2.75) is 71.9 Å². The van der Waals surface area contributed by atoms with Crippen LogP contribution in [0.5, 0.6) is 0 Å². The van der Waals surface area contributed by atoms with Crippen molar-refractivity contribution in [1.29, 1.82) is 0 Å². The fourth-order valence-corrected chi connectivity index (χ4v) is 4.38. The van der Waals surface area contributed by atoms with Gasteiger partial charge >= 0.3 is 0 Å². The van der Waals surface area contributed by atoms with Gasteiger partial charge in [0, 0.05) is 5.56 Å². The SMILES string of the molecule is CCc1c(F)cc2c(c1F)CCCC=C2B1CC(C)(C)C1(C)C. The number of hydrogen-bond donors (Lipinski definition) is 0. The Hall–Kier alpha value is -1.12. The van der Waals surface area contributed by atoms with Gasteiger partial charge in [-0.15, -0.1) is 0 Å². The monoisotopic (exact) mass is 316 g/mol. The highest BCUT2D eigenvalue weighted by molar-refractivity contribution is 6.84. The Labute approximate surface area is 139 Å². The van der Waals surface area contributed by atoms with Crippen molar-refractivity contribution < 1.29 is 8.78 Å². The highest BCUT2D eigenvalue weighted by atomic mass is 19.1. The number of fused-ring (bicyclic) bond motifs is 1. The molecule has 1 fully saturated rings. The second-order valence-corrected chi connectivity index (χ2v) is 8.44. The van der Waals surface area contributed by atoms with Crippen LogP contribution in [-0.2, 0) is 12.8 Å². The van der Waals surface area contributed by atoms with Gasteiger partial charge in [-0.3, -0.25) is 0 Å². The highest BCUT2D eigenvalue weighted by Crippen LogP contribution is 2.64. The number of rotatable bonds is 2. The predicted octanol–water partition coefficient (Wildman–Crippen LogP) is 6.10. The smallest absolute Gasteiger partial charge is 0.183 e. The van der Waals surface area contributed by atoms with Crippen molar-refractivity contribution in [2.24, 2.45) is 5.41 Å². The summed E-state index contributed by atoms with van der Waals surface area (Å²) in [5, 5.41) is 0.150. The summed E-state index contributed by atoms with van der Waals surface area (Å²) in [6, 6.07) is 1.61. The number of halogens is 2. The molecule has 0 unspecified atom stereocenters. The second kappa shape index (κ2) is 5.46. The van der Waals surface area contributed by atoms with E-state index in [1.807, 2.05) is 6.92 Å². The van der Waals surface area contributed by atoms with Gasteiger partial charge in [-0.25, -0.2) is 8.78 Å². The molecule has 23 heavy (non-hydrogen) atoms. The molecule has 0 nitrogen and oxygen atoms in total. The first-order chi connectivity index (χ1) is 10.7. The maximum atomic E-state index is 14.8. The van der Waals surface area contributed by atoms with Gasteiger partial charge in [0.1, 0.15) is 11.6 Å². The van der Waals surface area contributed by atoms with Crippen molar-refractivity contribution in [1.82, 2.24) is 0 Å². The zero-order chi connectivity index (χ0) is 17.0. The lowest BCUT2D eigenvalue weighted by atomic mass is 9.12. The van der Waals surface area contributed by atoms with Crippen molar-refractivity contribution in [3.8, 4) is 0 Å². The molecule has 0 radical (unpaired) electrons. The van der Waals surface area contributed by atoms with E-state index >= 15 is 0 Å². The quantitative estimate of drug-likeness (QED) is 0.578. The zero-order valence-electron chi connectivity index (χ0n) is 15.0. The van der Waals surface area contributed by atoms with Gasteiger partial charge < -0.3 is 0 Å². The minimum Gasteiger partial charge on any atom is -0.207 e. The van der Waals surface area contributed by atoms with E-state index in [-0.39, 0.29) is 27.9 Å². The Kier molecular flexibility index (Phi) is 3.97. The van der Waals surface area contributed by atoms with E-state index in [9.17, 15) is 8.78 Å². The molecule has 3 heteroatoms. The summed E-state index contributed by atoms with van der Waals surface area (Å²) in [5.74, 6) is -0.681. The normalized spacial score (nSPS) is 22.0. The van der Waals surface area contributed by atoms with Crippen LogP contribution >= 0.6 is 0 Å². The van der Waals surface area contributed by atoms with Gasteiger partial charge in [-0.2, -0.15) is 0 Å². The lowest BCUT2D eigenvalue weighted by Crippen LogP contribution is -2.53. The molecule has 1 heterocycles. The molecule has 0 aromatic heterocycles. The highest BCUT2D eigenvalue weighted by Gasteiger charge is 2.57. The van der Waals surface area contributed by atoms with E-state index in [1.54, 1.807) is 6.07 Å². The van der Waals surface area contributed by atoms with E-state index in [0.717, 1.165) is 30.3 Å². The molecule has 124 valence electrons. The second-order valence-electron chi connectivity index (χ2n) is 8.44. The van der Waals surface area contributed by atoms with Crippen molar-refractivity contribution in [3.05, 3.63) is 40.5 Å². The van der Waals surface area contributed by atoms with Crippen LogP contribution in [0.25, 0.3) is 5.47 Å². The summed E-state index contributed by atoms with van der Waals surface area (Å²) in [6.07, 6.45) is 6.36. The van der Waals surface area contributed by atoms with Crippen LogP contribution < -0.4 is 0 Å². The van der Waals surface area contributed by atoms with E-state index in [4.69, 9.17) is 0 Å². The third-order valence-electron chi connectivity index (χ3n) is 6.78. The third-order valence-corrected chi connectivity index (χ3v) is 6.78. The lowest BCUT2D eigenvalue weighted by Gasteiger charge is -2.58. The fourth-order valence-electron chi connectivity index (χ4n) is 4.38. The molecule has 1 aromatic carbocycles. The van der Waals surface area contributed by atoms with Crippen LogP contribution in [0.4, 0.5) is 8.78 Å². The molecule has 0 atom stereocenters. The molecule has 0 N–H and O–H groups in total. The zero-order valence-corrected chi connectivity index (χ0v) is 15.0. The van der Waals surface area contributed by atoms with Crippen molar-refractivity contribution in [2.75, 3.05) is 0 Å². The summed E-state index contributed by atoms with van der Waals surface area (Å²) in [4.78, 5) is 0. The van der Waals surface area contributed by atoms with Gasteiger partial charge in [-0.1, -0.05) is 52.5 Å². The molecule has 3 rings (SSSR count). The molecule has 0 bridgehead atoms. The lowest BCUT2D eigenvalue weighted by molar-refractivity contribution is 0.243. The van der Waals surface area contributed by atoms with Gasteiger partial charge in [0.15, 0.2) is 6.71 Å². The molecule has 0 saturated carbocycles. The van der Waals surface area contributed by atoms with E-state index in [2.05, 4.69) is 33.8 Å². The van der Waals surface area contributed by atoms with Crippen LogP contribution in [0.3, 0.4) is 0 Å². The summed E-state index contributed by atoms with van der Waals surface area (Å²) in [5.41, 5.74) is 3.28. The van der Waals surface area contributed by atoms with E-state index in [1.165, 1.54) is 5.47 Å². The summed E-state index contributed by atoms with van der Waals surface area (Å²) in [7, 11) is 0. The molecular formula is C20H27BF2. The first kappa shape index (κ1) is 16.7. The Morgan fingerprint density at radius 2 is 1.87 bits per heavy atom. The number of hydrogen-bond acceptors (Lipinski definition) is 0. The summed E-state index contributed by atoms with van der Waals surface area (Å²) >= 11 is 0. The third kappa shape index (κ3) is 2.38. The van der Waals surface area contributed by atoms with E-state index in [0.29, 0.717) is 19.6 Å². The fraction of sp³-hybridized carbons (Fsp3) is 0.600. The maximum absolute atomic E-state index is 14.8. The first-order valence-electron chi connectivity index (χ1n) is 8.91. The summed E-state index contributed by atoms with van der Waals surface area (Å²) < 4.78 is 29.2. The first-order valence-corrected chi connectivity index (χ1v) is 8.91. The predicted molar refractivity (Wildman–Crippen MR) is 95.0 cm³/mol. The van der Waals surface area contributed by atoms with E-state index < -0.39 is 0 Å². The average molecular weight is 316 g/mol. The van der Waals surface area contributed by atoms with Crippen LogP contribution in [0.1, 0.15) is 64.2 Å². The summed E-state index contributed by atoms with van der Waals surface area (Å²) in [6.45, 7) is 11.4. The molecular weight excluding hydrogens is 289 g/mol. The minimum atomic E-state index is -0.382. The van der Waals surface area contributed by atoms with Gasteiger partial charge in [-0.05, 0) is 53.6 Å². The molecule has 2 aliphatic rings. The molecule has 1 aliphatic carbocycles. The van der Waals surface area contributed by atoms with Crippen LogP contribution in [0.15, 0.2) is 12.1 Å². The van der Waals surface area contributed by atoms with Crippen LogP contribution in [-0.4, -0.2) is 6.71 Å². The molecule has 1 aromatic rings. The molecule has 1 saturated heterocycles. The Morgan fingerprint density at radius 1 is 1.17 bits per heavy atom. The number of benzene rings is 1. The topological polar surface area (TPSA) is 0 Å². The van der Waals surface area contributed by atoms with Crippen LogP contribution in [0.2, 0.25) is 11.6 Å². The van der Waals surface area contributed by atoms with Gasteiger partial charge in [0.2, 0.25) is 0 Å². The Morgan fingerprint density at radius 3 is 2.43 bits per heavy atom. The van der Waals surface area contributed by atoms with Crippen molar-refractivity contribution in [3.63, 3.8) is 0 Å². The Bertz CT molecular complexity index is 671. The van der Waals surface area contributed by atoms with Crippen LogP contribution in [0, 0.1) is 17.0 Å².